The molecule has 5 heterocycles. The molecule has 0 aliphatic heterocycles. The van der Waals surface area contributed by atoms with E-state index in [1.165, 1.54) is 0 Å². The fourth-order valence-corrected chi connectivity index (χ4v) is 11.6. The lowest BCUT2D eigenvalue weighted by Crippen LogP contribution is -2.24. The number of aromatic nitrogens is 7. The van der Waals surface area contributed by atoms with Crippen LogP contribution in [-0.4, -0.2) is 33.2 Å². The molecule has 0 unspecified atom stereocenters. The van der Waals surface area contributed by atoms with Crippen LogP contribution < -0.4 is 0 Å². The van der Waals surface area contributed by atoms with Gasteiger partial charge in [-0.2, -0.15) is 5.26 Å². The second-order valence-electron chi connectivity index (χ2n) is 21.6. The molecule has 0 amide bonds. The summed E-state index contributed by atoms with van der Waals surface area (Å²) in [5.41, 5.74) is 12.5. The number of fused-ring (bicyclic) bond motifs is 14. The zero-order valence-electron chi connectivity index (χ0n) is 42.1. The highest BCUT2D eigenvalue weighted by Crippen LogP contribution is 2.47. The average Bonchev–Trinajstić information content (AvgIpc) is 4.17. The van der Waals surface area contributed by atoms with E-state index in [1.54, 1.807) is 0 Å². The van der Waals surface area contributed by atoms with Gasteiger partial charge in [-0.1, -0.05) is 163 Å². The fourth-order valence-electron chi connectivity index (χ4n) is 11.6. The van der Waals surface area contributed by atoms with Gasteiger partial charge in [-0.15, -0.1) is 0 Å². The third-order valence-electron chi connectivity index (χ3n) is 14.9. The average molecular weight is 955 g/mol. The van der Waals surface area contributed by atoms with E-state index in [4.69, 9.17) is 15.0 Å². The Balaban J connectivity index is 1.20. The van der Waals surface area contributed by atoms with Gasteiger partial charge in [-0.25, -0.2) is 15.0 Å². The first-order valence-electron chi connectivity index (χ1n) is 25.4. The summed E-state index contributed by atoms with van der Waals surface area (Å²) in [6.45, 7) is 12.9. The SMILES string of the molecule is CC(C)(C)c1nc(-c2cc(-n3c4ccccc4c4ccc5c(c6ccccc6n5-c5ccccc5)c43)c(C#N)c(-n3c4ccccc4c4ccc5c(c6ccccc6n5-c5ccccc5)c43)c2)nc(C(C)(C)C)n1. The molecule has 0 saturated heterocycles. The molecule has 0 radical (unpaired) electrons. The van der Waals surface area contributed by atoms with Gasteiger partial charge >= 0.3 is 0 Å². The van der Waals surface area contributed by atoms with Crippen LogP contribution in [-0.2, 0) is 10.8 Å². The van der Waals surface area contributed by atoms with Crippen molar-refractivity contribution in [1.82, 2.24) is 33.2 Å². The number of para-hydroxylation sites is 6. The van der Waals surface area contributed by atoms with Gasteiger partial charge in [0, 0.05) is 70.9 Å². The highest BCUT2D eigenvalue weighted by molar-refractivity contribution is 6.28. The Morgan fingerprint density at radius 1 is 0.365 bits per heavy atom. The van der Waals surface area contributed by atoms with Crippen LogP contribution >= 0.6 is 0 Å². The second-order valence-corrected chi connectivity index (χ2v) is 21.6. The van der Waals surface area contributed by atoms with Gasteiger partial charge < -0.3 is 18.3 Å². The molecule has 9 aromatic carbocycles. The van der Waals surface area contributed by atoms with Crippen LogP contribution in [0.4, 0.5) is 0 Å². The first-order valence-corrected chi connectivity index (χ1v) is 25.4. The van der Waals surface area contributed by atoms with Crippen molar-refractivity contribution in [3.8, 4) is 40.2 Å². The number of hydrogen-bond acceptors (Lipinski definition) is 4. The summed E-state index contributed by atoms with van der Waals surface area (Å²) >= 11 is 0. The van der Waals surface area contributed by atoms with Gasteiger partial charge in [0.1, 0.15) is 23.3 Å². The van der Waals surface area contributed by atoms with Crippen LogP contribution in [0.3, 0.4) is 0 Å². The standard InChI is InChI=1S/C66H50N8/c1-65(2,3)63-68-62(69-64(70-63)66(4,5)6)40-37-56(73-50-29-17-13-25-43(50)45-33-35-54-58(60(45)73)47-27-15-19-31-52(47)71(54)41-21-9-7-10-22-41)49(39-67)57(38-40)74-51-30-18-14-26-44(51)46-34-36-55-59(61(46)74)48-28-16-20-32-53(48)72(55)42-23-11-8-12-24-42/h7-38H,1-6H3. The van der Waals surface area contributed by atoms with Crippen LogP contribution in [0.15, 0.2) is 194 Å². The third-order valence-corrected chi connectivity index (χ3v) is 14.9. The predicted octanol–water partition coefficient (Wildman–Crippen LogP) is 16.4. The summed E-state index contributed by atoms with van der Waals surface area (Å²) in [4.78, 5) is 15.9. The Morgan fingerprint density at radius 2 is 0.730 bits per heavy atom. The van der Waals surface area contributed by atoms with E-state index in [1.807, 2.05) is 0 Å². The molecule has 0 saturated carbocycles. The second kappa shape index (κ2) is 15.8. The Hall–Kier alpha value is -9.32. The van der Waals surface area contributed by atoms with Gasteiger partial charge in [-0.05, 0) is 72.8 Å². The van der Waals surface area contributed by atoms with Gasteiger partial charge in [0.15, 0.2) is 5.82 Å². The minimum atomic E-state index is -0.382. The molecule has 0 spiro atoms. The highest BCUT2D eigenvalue weighted by atomic mass is 15.1. The molecule has 0 fully saturated rings. The maximum Gasteiger partial charge on any atom is 0.163 e. The van der Waals surface area contributed by atoms with Gasteiger partial charge in [0.25, 0.3) is 0 Å². The van der Waals surface area contributed by atoms with Gasteiger partial charge in [0.05, 0.1) is 55.5 Å². The lowest BCUT2D eigenvalue weighted by atomic mass is 9.93. The highest BCUT2D eigenvalue weighted by Gasteiger charge is 2.30. The van der Waals surface area contributed by atoms with Crippen LogP contribution in [0, 0.1) is 11.3 Å². The van der Waals surface area contributed by atoms with Crippen molar-refractivity contribution in [2.24, 2.45) is 0 Å². The first kappa shape index (κ1) is 43.5. The van der Waals surface area contributed by atoms with Crippen LogP contribution in [0.5, 0.6) is 0 Å². The number of benzene rings is 9. The molecule has 354 valence electrons. The largest absolute Gasteiger partial charge is 0.309 e. The number of nitrogens with zero attached hydrogens (tertiary/aromatic N) is 8. The van der Waals surface area contributed by atoms with E-state index in [0.717, 1.165) is 116 Å². The topological polar surface area (TPSA) is 82.2 Å². The molecule has 0 N–H and O–H groups in total. The Kier molecular flexibility index (Phi) is 9.30. The fraction of sp³-hybridized carbons (Fsp3) is 0.121. The van der Waals surface area contributed by atoms with Crippen molar-refractivity contribution < 1.29 is 0 Å². The van der Waals surface area contributed by atoms with E-state index in [0.29, 0.717) is 23.0 Å². The van der Waals surface area contributed by atoms with E-state index < -0.39 is 0 Å². The van der Waals surface area contributed by atoms with Gasteiger partial charge in [0.2, 0.25) is 0 Å². The summed E-state index contributed by atoms with van der Waals surface area (Å²) in [6.07, 6.45) is 0. The summed E-state index contributed by atoms with van der Waals surface area (Å²) in [6, 6.07) is 72.0. The number of hydrogen-bond donors (Lipinski definition) is 0. The van der Waals surface area contributed by atoms with Crippen LogP contribution in [0.2, 0.25) is 0 Å². The zero-order valence-corrected chi connectivity index (χ0v) is 42.1. The number of rotatable bonds is 5. The normalized spacial score (nSPS) is 12.4. The zero-order chi connectivity index (χ0) is 50.2. The maximum absolute atomic E-state index is 12.2. The first-order chi connectivity index (χ1) is 36.0. The van der Waals surface area contributed by atoms with E-state index in [9.17, 15) is 5.26 Å². The molecule has 74 heavy (non-hydrogen) atoms. The van der Waals surface area contributed by atoms with E-state index in [2.05, 4.69) is 260 Å². The maximum atomic E-state index is 12.2. The molecule has 0 aliphatic rings. The predicted molar refractivity (Wildman–Crippen MR) is 305 cm³/mol. The monoisotopic (exact) mass is 954 g/mol. The van der Waals surface area contributed by atoms with Crippen molar-refractivity contribution in [2.45, 2.75) is 52.4 Å². The third kappa shape index (κ3) is 6.29. The molecule has 0 aliphatic carbocycles. The van der Waals surface area contributed by atoms with Crippen LogP contribution in [0.25, 0.3) is 121 Å². The summed E-state index contributed by atoms with van der Waals surface area (Å²) in [5.74, 6) is 1.97. The molecule has 8 heteroatoms. The Labute approximate surface area is 427 Å². The molecular weight excluding hydrogens is 905 g/mol. The van der Waals surface area contributed by atoms with Crippen molar-refractivity contribution in [2.75, 3.05) is 0 Å². The molecule has 0 atom stereocenters. The lowest BCUT2D eigenvalue weighted by Gasteiger charge is -2.23. The molecule has 0 bridgehead atoms. The molecular formula is C66H50N8. The van der Waals surface area contributed by atoms with E-state index >= 15 is 0 Å². The quantitative estimate of drug-likeness (QED) is 0.172. The van der Waals surface area contributed by atoms with Crippen molar-refractivity contribution >= 4 is 87.2 Å². The smallest absolute Gasteiger partial charge is 0.163 e. The number of nitriles is 1. The molecule has 14 aromatic rings. The summed E-state index contributed by atoms with van der Waals surface area (Å²) in [7, 11) is 0. The van der Waals surface area contributed by atoms with Gasteiger partial charge in [-0.3, -0.25) is 0 Å². The lowest BCUT2D eigenvalue weighted by molar-refractivity contribution is 0.497. The molecule has 5 aromatic heterocycles. The minimum absolute atomic E-state index is 0.382. The summed E-state index contributed by atoms with van der Waals surface area (Å²) in [5, 5.41) is 21.0. The van der Waals surface area contributed by atoms with Crippen LogP contribution in [0.1, 0.15) is 58.8 Å². The summed E-state index contributed by atoms with van der Waals surface area (Å²) < 4.78 is 9.42. The van der Waals surface area contributed by atoms with Crippen molar-refractivity contribution in [1.29, 1.82) is 5.26 Å². The molecule has 14 rings (SSSR count). The van der Waals surface area contributed by atoms with Crippen molar-refractivity contribution in [3.05, 3.63) is 211 Å². The van der Waals surface area contributed by atoms with Crippen molar-refractivity contribution in [3.63, 3.8) is 0 Å². The van der Waals surface area contributed by atoms with E-state index in [-0.39, 0.29) is 10.8 Å². The Bertz CT molecular complexity index is 4390. The molecule has 8 nitrogen and oxygen atoms in total. The Morgan fingerprint density at radius 3 is 1.12 bits per heavy atom. The minimum Gasteiger partial charge on any atom is -0.309 e.